The Morgan fingerprint density at radius 2 is 2.21 bits per heavy atom. The van der Waals surface area contributed by atoms with Crippen molar-refractivity contribution >= 4 is 23.6 Å². The van der Waals surface area contributed by atoms with Crippen LogP contribution in [0.4, 0.5) is 11.4 Å². The largest absolute Gasteiger partial charge is 0.393 e. The zero-order valence-electron chi connectivity index (χ0n) is 11.1. The maximum absolute atomic E-state index is 11.2. The molecule has 5 nitrogen and oxygen atoms in total. The average Bonchev–Trinajstić information content (AvgIpc) is 2.38. The molecule has 5 heteroatoms. The first-order chi connectivity index (χ1) is 9.06. The number of nitrogens with one attached hydrogen (secondary N) is 2. The van der Waals surface area contributed by atoms with Gasteiger partial charge in [0.2, 0.25) is 6.29 Å². The molecule has 1 aromatic carbocycles. The van der Waals surface area contributed by atoms with E-state index in [4.69, 9.17) is 0 Å². The molecule has 1 amide bonds. The summed E-state index contributed by atoms with van der Waals surface area (Å²) in [5, 5.41) is 15.4. The number of carbonyl (C=O) groups excluding carboxylic acids is 2. The summed E-state index contributed by atoms with van der Waals surface area (Å²) in [6.45, 7) is 1.98. The molecule has 0 aromatic heterocycles. The molecule has 1 aromatic rings. The summed E-state index contributed by atoms with van der Waals surface area (Å²) in [6.07, 6.45) is 2.06. The molecule has 0 saturated heterocycles. The zero-order valence-corrected chi connectivity index (χ0v) is 11.1. The molecule has 1 atom stereocenters. The van der Waals surface area contributed by atoms with Crippen molar-refractivity contribution in [3.8, 4) is 0 Å². The Balaban J connectivity index is 2.50. The van der Waals surface area contributed by atoms with Gasteiger partial charge in [0.15, 0.2) is 0 Å². The minimum Gasteiger partial charge on any atom is -0.393 e. The van der Waals surface area contributed by atoms with Crippen LogP contribution < -0.4 is 10.6 Å². The van der Waals surface area contributed by atoms with Crippen LogP contribution in [-0.2, 0) is 22.4 Å². The lowest BCUT2D eigenvalue weighted by Crippen LogP contribution is -2.22. The Bertz CT molecular complexity index is 526. The van der Waals surface area contributed by atoms with Crippen LogP contribution >= 0.6 is 0 Å². The molecule has 2 rings (SSSR count). The summed E-state index contributed by atoms with van der Waals surface area (Å²) in [6, 6.07) is 1.86. The van der Waals surface area contributed by atoms with E-state index in [1.54, 1.807) is 7.05 Å². The molecule has 1 unspecified atom stereocenters. The fourth-order valence-corrected chi connectivity index (χ4v) is 2.70. The highest BCUT2D eigenvalue weighted by Gasteiger charge is 2.23. The zero-order chi connectivity index (χ0) is 14.0. The van der Waals surface area contributed by atoms with Crippen molar-refractivity contribution in [3.63, 3.8) is 0 Å². The number of amides is 1. The minimum atomic E-state index is -0.674. The summed E-state index contributed by atoms with van der Waals surface area (Å²) in [5.41, 5.74) is 4.70. The molecule has 0 spiro atoms. The summed E-state index contributed by atoms with van der Waals surface area (Å²) in [4.78, 5) is 21.7. The van der Waals surface area contributed by atoms with Crippen LogP contribution in [0, 0.1) is 6.92 Å². The number of anilines is 2. The van der Waals surface area contributed by atoms with Gasteiger partial charge in [-0.05, 0) is 42.5 Å². The Morgan fingerprint density at radius 1 is 1.47 bits per heavy atom. The molecule has 1 aliphatic carbocycles. The molecule has 102 valence electrons. The Kier molecular flexibility index (Phi) is 3.85. The smallest absolute Gasteiger partial charge is 0.288 e. The van der Waals surface area contributed by atoms with Crippen LogP contribution in [0.5, 0.6) is 0 Å². The number of aryl methyl sites for hydroxylation is 1. The summed E-state index contributed by atoms with van der Waals surface area (Å²) >= 11 is 0. The summed E-state index contributed by atoms with van der Waals surface area (Å²) in [7, 11) is 1.77. The molecule has 1 aliphatic rings. The van der Waals surface area contributed by atoms with E-state index in [1.165, 1.54) is 5.56 Å². The van der Waals surface area contributed by atoms with Crippen LogP contribution in [0.15, 0.2) is 6.07 Å². The van der Waals surface area contributed by atoms with Crippen molar-refractivity contribution in [1.29, 1.82) is 0 Å². The number of aliphatic hydroxyl groups is 1. The predicted octanol–water partition coefficient (Wildman–Crippen LogP) is 1.02. The molecule has 0 radical (unpaired) electrons. The van der Waals surface area contributed by atoms with Crippen molar-refractivity contribution in [2.24, 2.45) is 0 Å². The molecule has 0 saturated carbocycles. The van der Waals surface area contributed by atoms with Crippen LogP contribution in [0.3, 0.4) is 0 Å². The van der Waals surface area contributed by atoms with Gasteiger partial charge in [-0.1, -0.05) is 0 Å². The fourth-order valence-electron chi connectivity index (χ4n) is 2.70. The predicted molar refractivity (Wildman–Crippen MR) is 73.5 cm³/mol. The third kappa shape index (κ3) is 2.61. The third-order valence-electron chi connectivity index (χ3n) is 3.55. The van der Waals surface area contributed by atoms with Gasteiger partial charge in [-0.2, -0.15) is 0 Å². The lowest BCUT2D eigenvalue weighted by Gasteiger charge is -2.27. The van der Waals surface area contributed by atoms with E-state index in [-0.39, 0.29) is 12.4 Å². The molecular formula is C14H18N2O3. The van der Waals surface area contributed by atoms with E-state index in [0.29, 0.717) is 12.1 Å². The first kappa shape index (κ1) is 13.5. The number of aldehydes is 1. The highest BCUT2D eigenvalue weighted by atomic mass is 16.3. The van der Waals surface area contributed by atoms with Gasteiger partial charge in [0.05, 0.1) is 17.5 Å². The molecule has 3 N–H and O–H groups in total. The normalized spacial score (nSPS) is 17.5. The first-order valence-corrected chi connectivity index (χ1v) is 6.34. The quantitative estimate of drug-likeness (QED) is 0.561. The number of benzene rings is 1. The minimum absolute atomic E-state index is 0.253. The van der Waals surface area contributed by atoms with Gasteiger partial charge in [-0.25, -0.2) is 0 Å². The van der Waals surface area contributed by atoms with Gasteiger partial charge < -0.3 is 15.7 Å². The Morgan fingerprint density at radius 3 is 2.84 bits per heavy atom. The Labute approximate surface area is 112 Å². The molecule has 0 bridgehead atoms. The monoisotopic (exact) mass is 262 g/mol. The fraction of sp³-hybridized carbons (Fsp3) is 0.429. The summed E-state index contributed by atoms with van der Waals surface area (Å²) < 4.78 is 0. The number of hydrogen-bond acceptors (Lipinski definition) is 4. The van der Waals surface area contributed by atoms with Crippen LogP contribution in [0.25, 0.3) is 0 Å². The van der Waals surface area contributed by atoms with Crippen LogP contribution in [-0.4, -0.2) is 30.5 Å². The molecular weight excluding hydrogens is 244 g/mol. The number of aliphatic hydroxyl groups excluding tert-OH is 1. The topological polar surface area (TPSA) is 78.4 Å². The van der Waals surface area contributed by atoms with E-state index >= 15 is 0 Å². The van der Waals surface area contributed by atoms with Gasteiger partial charge in [-0.3, -0.25) is 9.59 Å². The van der Waals surface area contributed by atoms with Crippen LogP contribution in [0.1, 0.15) is 23.1 Å². The van der Waals surface area contributed by atoms with E-state index in [2.05, 4.69) is 10.6 Å². The second kappa shape index (κ2) is 5.40. The van der Waals surface area contributed by atoms with Crippen molar-refractivity contribution in [3.05, 3.63) is 22.8 Å². The van der Waals surface area contributed by atoms with Gasteiger partial charge in [0.25, 0.3) is 5.91 Å². The van der Waals surface area contributed by atoms with E-state index in [9.17, 15) is 14.7 Å². The van der Waals surface area contributed by atoms with Gasteiger partial charge in [0, 0.05) is 13.5 Å². The second-order valence-corrected chi connectivity index (χ2v) is 4.83. The lowest BCUT2D eigenvalue weighted by molar-refractivity contribution is -0.127. The second-order valence-electron chi connectivity index (χ2n) is 4.83. The molecule has 19 heavy (non-hydrogen) atoms. The summed E-state index contributed by atoms with van der Waals surface area (Å²) in [5.74, 6) is -0.674. The van der Waals surface area contributed by atoms with Crippen molar-refractivity contribution in [2.45, 2.75) is 32.3 Å². The highest BCUT2D eigenvalue weighted by Crippen LogP contribution is 2.36. The molecule has 0 fully saturated rings. The van der Waals surface area contributed by atoms with E-state index in [1.807, 2.05) is 13.0 Å². The van der Waals surface area contributed by atoms with Crippen LogP contribution in [0.2, 0.25) is 0 Å². The SMILES string of the molecule is CNc1c(NC(=O)C=O)cc(C)c2c1CC(O)CC2. The maximum Gasteiger partial charge on any atom is 0.288 e. The highest BCUT2D eigenvalue weighted by molar-refractivity contribution is 6.30. The first-order valence-electron chi connectivity index (χ1n) is 6.34. The number of carbonyl (C=O) groups is 2. The number of fused-ring (bicyclic) bond motifs is 1. The van der Waals surface area contributed by atoms with Gasteiger partial charge in [-0.15, -0.1) is 0 Å². The third-order valence-corrected chi connectivity index (χ3v) is 3.55. The standard InChI is InChI=1S/C14H18N2O3/c1-8-5-12(16-13(19)7-17)14(15-2)11-6-9(18)3-4-10(8)11/h5,7,9,15,18H,3-4,6H2,1-2H3,(H,16,19). The molecule has 0 heterocycles. The van der Waals surface area contributed by atoms with Gasteiger partial charge in [0.1, 0.15) is 0 Å². The lowest BCUT2D eigenvalue weighted by atomic mass is 9.85. The average molecular weight is 262 g/mol. The van der Waals surface area contributed by atoms with Crippen molar-refractivity contribution < 1.29 is 14.7 Å². The van der Waals surface area contributed by atoms with E-state index in [0.717, 1.165) is 29.7 Å². The maximum atomic E-state index is 11.2. The number of hydrogen-bond donors (Lipinski definition) is 3. The van der Waals surface area contributed by atoms with Crippen molar-refractivity contribution in [2.75, 3.05) is 17.7 Å². The van der Waals surface area contributed by atoms with E-state index < -0.39 is 5.91 Å². The molecule has 0 aliphatic heterocycles. The Hall–Kier alpha value is -1.88. The number of rotatable bonds is 3. The van der Waals surface area contributed by atoms with Crippen molar-refractivity contribution in [1.82, 2.24) is 0 Å². The van der Waals surface area contributed by atoms with Gasteiger partial charge >= 0.3 is 0 Å².